The monoisotopic (exact) mass is 383 g/mol. The van der Waals surface area contributed by atoms with Gasteiger partial charge in [-0.05, 0) is 55.8 Å². The van der Waals surface area contributed by atoms with E-state index in [-0.39, 0.29) is 0 Å². The summed E-state index contributed by atoms with van der Waals surface area (Å²) < 4.78 is 5.82. The van der Waals surface area contributed by atoms with Gasteiger partial charge in [-0.1, -0.05) is 54.6 Å². The number of ether oxygens (including phenoxy) is 1. The van der Waals surface area contributed by atoms with Gasteiger partial charge in [-0.3, -0.25) is 4.90 Å². The predicted octanol–water partition coefficient (Wildman–Crippen LogP) is 3.86. The van der Waals surface area contributed by atoms with Crippen LogP contribution in [-0.4, -0.2) is 53.1 Å². The largest absolute Gasteiger partial charge is 0.390 e. The van der Waals surface area contributed by atoms with Crippen molar-refractivity contribution in [2.24, 2.45) is 0 Å². The Balaban J connectivity index is 1.28. The number of likely N-dealkylation sites (tertiary alicyclic amines) is 1. The molecular formula is C24H33NO3. The van der Waals surface area contributed by atoms with Crippen molar-refractivity contribution in [3.63, 3.8) is 0 Å². The second-order valence-corrected chi connectivity index (χ2v) is 7.89. The second-order valence-electron chi connectivity index (χ2n) is 7.89. The van der Waals surface area contributed by atoms with Crippen LogP contribution >= 0.6 is 0 Å². The van der Waals surface area contributed by atoms with Gasteiger partial charge in [-0.25, -0.2) is 0 Å². The summed E-state index contributed by atoms with van der Waals surface area (Å²) >= 11 is 0. The molecule has 0 bridgehead atoms. The molecule has 28 heavy (non-hydrogen) atoms. The van der Waals surface area contributed by atoms with Crippen molar-refractivity contribution in [3.8, 4) is 11.1 Å². The summed E-state index contributed by atoms with van der Waals surface area (Å²) in [5, 5.41) is 19.5. The molecule has 4 nitrogen and oxygen atoms in total. The van der Waals surface area contributed by atoms with E-state index in [4.69, 9.17) is 4.74 Å². The van der Waals surface area contributed by atoms with E-state index in [1.807, 2.05) is 6.07 Å². The Morgan fingerprint density at radius 2 is 1.61 bits per heavy atom. The van der Waals surface area contributed by atoms with E-state index in [0.29, 0.717) is 25.6 Å². The molecule has 2 N–H and O–H groups in total. The van der Waals surface area contributed by atoms with Crippen LogP contribution in [0.3, 0.4) is 0 Å². The highest BCUT2D eigenvalue weighted by Gasteiger charge is 2.30. The van der Waals surface area contributed by atoms with E-state index in [0.717, 1.165) is 32.4 Å². The Bertz CT molecular complexity index is 689. The number of aliphatic hydroxyl groups is 2. The molecule has 1 saturated heterocycles. The quantitative estimate of drug-likeness (QED) is 0.646. The standard InChI is InChI=1S/C24H33NO3/c1-19-16-23(26)24(27)17-25(19)14-6-3-7-15-28-18-20-10-12-22(13-11-20)21-8-4-2-5-9-21/h2,4-5,8-13,19,23-24,26-27H,3,6-7,14-18H2,1H3/t19-,23?,24-/m0/s1. The zero-order valence-electron chi connectivity index (χ0n) is 16.8. The van der Waals surface area contributed by atoms with E-state index in [2.05, 4.69) is 60.4 Å². The summed E-state index contributed by atoms with van der Waals surface area (Å²) in [5.74, 6) is 0. The highest BCUT2D eigenvalue weighted by Crippen LogP contribution is 2.20. The number of benzene rings is 2. The Kier molecular flexibility index (Phi) is 8.04. The Labute approximate surface area is 168 Å². The van der Waals surface area contributed by atoms with Crippen molar-refractivity contribution < 1.29 is 14.9 Å². The summed E-state index contributed by atoms with van der Waals surface area (Å²) in [5.41, 5.74) is 3.67. The number of hydrogen-bond donors (Lipinski definition) is 2. The maximum absolute atomic E-state index is 9.82. The normalized spacial score (nSPS) is 23.0. The third kappa shape index (κ3) is 6.14. The molecular weight excluding hydrogens is 350 g/mol. The van der Waals surface area contributed by atoms with E-state index in [9.17, 15) is 10.2 Å². The molecule has 3 atom stereocenters. The molecule has 0 spiro atoms. The molecule has 0 aliphatic carbocycles. The smallest absolute Gasteiger partial charge is 0.0926 e. The predicted molar refractivity (Wildman–Crippen MR) is 113 cm³/mol. The van der Waals surface area contributed by atoms with E-state index in [1.54, 1.807) is 0 Å². The molecule has 152 valence electrons. The van der Waals surface area contributed by atoms with Crippen LogP contribution in [-0.2, 0) is 11.3 Å². The van der Waals surface area contributed by atoms with Crippen LogP contribution < -0.4 is 0 Å². The fourth-order valence-electron chi connectivity index (χ4n) is 3.82. The van der Waals surface area contributed by atoms with Gasteiger partial charge < -0.3 is 14.9 Å². The molecule has 2 aromatic rings. The van der Waals surface area contributed by atoms with Gasteiger partial charge in [-0.2, -0.15) is 0 Å². The minimum Gasteiger partial charge on any atom is -0.390 e. The fraction of sp³-hybridized carbons (Fsp3) is 0.500. The summed E-state index contributed by atoms with van der Waals surface area (Å²) in [6.07, 6.45) is 2.76. The fourth-order valence-corrected chi connectivity index (χ4v) is 3.82. The minimum atomic E-state index is -0.604. The topological polar surface area (TPSA) is 52.9 Å². The molecule has 1 fully saturated rings. The summed E-state index contributed by atoms with van der Waals surface area (Å²) in [4.78, 5) is 2.28. The maximum atomic E-state index is 9.82. The lowest BCUT2D eigenvalue weighted by atomic mass is 9.98. The Morgan fingerprint density at radius 3 is 2.36 bits per heavy atom. The molecule has 0 saturated carbocycles. The van der Waals surface area contributed by atoms with Gasteiger partial charge in [0.25, 0.3) is 0 Å². The highest BCUT2D eigenvalue weighted by atomic mass is 16.5. The second kappa shape index (κ2) is 10.7. The summed E-state index contributed by atoms with van der Waals surface area (Å²) in [6.45, 7) is 5.12. The molecule has 0 aromatic heterocycles. The molecule has 1 aliphatic rings. The SMILES string of the molecule is C[C@H]1CC(O)[C@@H](O)CN1CCCCCOCc1ccc(-c2ccccc2)cc1. The van der Waals surface area contributed by atoms with Crippen molar-refractivity contribution in [3.05, 3.63) is 60.2 Å². The third-order valence-corrected chi connectivity index (χ3v) is 5.64. The maximum Gasteiger partial charge on any atom is 0.0926 e. The first-order valence-electron chi connectivity index (χ1n) is 10.5. The zero-order chi connectivity index (χ0) is 19.8. The van der Waals surface area contributed by atoms with Crippen molar-refractivity contribution in [2.45, 2.75) is 57.5 Å². The van der Waals surface area contributed by atoms with Gasteiger partial charge in [0.2, 0.25) is 0 Å². The van der Waals surface area contributed by atoms with Gasteiger partial charge in [0.05, 0.1) is 18.8 Å². The first-order valence-corrected chi connectivity index (χ1v) is 10.5. The van der Waals surface area contributed by atoms with Gasteiger partial charge in [0.1, 0.15) is 0 Å². The highest BCUT2D eigenvalue weighted by molar-refractivity contribution is 5.63. The van der Waals surface area contributed by atoms with Gasteiger partial charge in [0.15, 0.2) is 0 Å². The molecule has 4 heteroatoms. The van der Waals surface area contributed by atoms with E-state index < -0.39 is 12.2 Å². The number of aliphatic hydroxyl groups excluding tert-OH is 2. The van der Waals surface area contributed by atoms with E-state index >= 15 is 0 Å². The van der Waals surface area contributed by atoms with Crippen LogP contribution in [0.15, 0.2) is 54.6 Å². The number of rotatable bonds is 9. The lowest BCUT2D eigenvalue weighted by Crippen LogP contribution is -2.51. The minimum absolute atomic E-state index is 0.341. The molecule has 3 rings (SSSR count). The molecule has 2 aromatic carbocycles. The number of β-amino-alcohol motifs (C(OH)–C–C–N with tert-alkyl or cyclic N) is 1. The van der Waals surface area contributed by atoms with Crippen LogP contribution in [0.5, 0.6) is 0 Å². The first kappa shape index (κ1) is 21.0. The van der Waals surface area contributed by atoms with Crippen LogP contribution in [0.4, 0.5) is 0 Å². The van der Waals surface area contributed by atoms with Crippen LogP contribution in [0.1, 0.15) is 38.2 Å². The van der Waals surface area contributed by atoms with Crippen LogP contribution in [0.25, 0.3) is 11.1 Å². The molecule has 0 radical (unpaired) electrons. The third-order valence-electron chi connectivity index (χ3n) is 5.64. The van der Waals surface area contributed by atoms with Crippen molar-refractivity contribution in [1.29, 1.82) is 0 Å². The Hall–Kier alpha value is -1.72. The molecule has 1 aliphatic heterocycles. The number of nitrogens with zero attached hydrogens (tertiary/aromatic N) is 1. The van der Waals surface area contributed by atoms with Gasteiger partial charge in [-0.15, -0.1) is 0 Å². The van der Waals surface area contributed by atoms with Gasteiger partial charge >= 0.3 is 0 Å². The average molecular weight is 384 g/mol. The molecule has 0 amide bonds. The van der Waals surface area contributed by atoms with E-state index in [1.165, 1.54) is 16.7 Å². The Morgan fingerprint density at radius 1 is 0.893 bits per heavy atom. The van der Waals surface area contributed by atoms with Gasteiger partial charge in [0, 0.05) is 19.2 Å². The lowest BCUT2D eigenvalue weighted by molar-refractivity contribution is -0.0579. The number of unbranched alkanes of at least 4 members (excludes halogenated alkanes) is 2. The number of piperidine rings is 1. The number of hydrogen-bond acceptors (Lipinski definition) is 4. The zero-order valence-corrected chi connectivity index (χ0v) is 16.8. The summed E-state index contributed by atoms with van der Waals surface area (Å²) in [6, 6.07) is 19.3. The van der Waals surface area contributed by atoms with Crippen LogP contribution in [0.2, 0.25) is 0 Å². The average Bonchev–Trinajstić information content (AvgIpc) is 2.72. The lowest BCUT2D eigenvalue weighted by Gasteiger charge is -2.38. The van der Waals surface area contributed by atoms with Crippen molar-refractivity contribution in [1.82, 2.24) is 4.90 Å². The molecule has 1 unspecified atom stereocenters. The van der Waals surface area contributed by atoms with Crippen molar-refractivity contribution in [2.75, 3.05) is 19.7 Å². The van der Waals surface area contributed by atoms with Crippen LogP contribution in [0, 0.1) is 0 Å². The summed E-state index contributed by atoms with van der Waals surface area (Å²) in [7, 11) is 0. The first-order chi connectivity index (χ1) is 13.6. The molecule has 1 heterocycles. The van der Waals surface area contributed by atoms with Crippen molar-refractivity contribution >= 4 is 0 Å².